The normalized spacial score (nSPS) is 10.1. The van der Waals surface area contributed by atoms with Gasteiger partial charge >= 0.3 is 0 Å². The van der Waals surface area contributed by atoms with Crippen LogP contribution in [0.25, 0.3) is 0 Å². The largest absolute Gasteiger partial charge is 0.389 e. The van der Waals surface area contributed by atoms with Crippen molar-refractivity contribution in [1.29, 1.82) is 0 Å². The summed E-state index contributed by atoms with van der Waals surface area (Å²) in [4.78, 5) is 0.294. The van der Waals surface area contributed by atoms with E-state index in [1.54, 1.807) is 12.1 Å². The van der Waals surface area contributed by atoms with E-state index in [1.165, 1.54) is 0 Å². The lowest BCUT2D eigenvalue weighted by Crippen LogP contribution is -2.11. The fourth-order valence-electron chi connectivity index (χ4n) is 1.55. The minimum Gasteiger partial charge on any atom is -0.389 e. The van der Waals surface area contributed by atoms with Gasteiger partial charge in [-0.15, -0.1) is 0 Å². The van der Waals surface area contributed by atoms with Gasteiger partial charge in [0.05, 0.1) is 0 Å². The third kappa shape index (κ3) is 3.13. The number of benzene rings is 2. The fraction of sp³-hybridized carbons (Fsp3) is 0. The van der Waals surface area contributed by atoms with Crippen molar-refractivity contribution in [2.45, 2.75) is 0 Å². The van der Waals surface area contributed by atoms with Gasteiger partial charge in [-0.2, -0.15) is 0 Å². The molecule has 0 heterocycles. The van der Waals surface area contributed by atoms with Crippen LogP contribution in [-0.2, 0) is 0 Å². The molecular formula is C13H10Cl2N2S. The molecule has 3 N–H and O–H groups in total. The molecule has 0 saturated heterocycles. The van der Waals surface area contributed by atoms with Crippen molar-refractivity contribution in [3.05, 3.63) is 58.1 Å². The molecule has 2 aromatic carbocycles. The maximum atomic E-state index is 5.93. The predicted octanol–water partition coefficient (Wildman–Crippen LogP) is 4.37. The molecule has 0 amide bonds. The van der Waals surface area contributed by atoms with Gasteiger partial charge in [0.25, 0.3) is 0 Å². The van der Waals surface area contributed by atoms with Crippen LogP contribution < -0.4 is 11.1 Å². The van der Waals surface area contributed by atoms with Crippen LogP contribution in [0, 0.1) is 0 Å². The molecule has 2 rings (SSSR count). The van der Waals surface area contributed by atoms with E-state index < -0.39 is 0 Å². The molecule has 92 valence electrons. The zero-order valence-electron chi connectivity index (χ0n) is 9.28. The predicted molar refractivity (Wildman–Crippen MR) is 82.1 cm³/mol. The molecule has 2 aromatic rings. The van der Waals surface area contributed by atoms with E-state index >= 15 is 0 Å². The monoisotopic (exact) mass is 296 g/mol. The number of hydrogen-bond donors (Lipinski definition) is 2. The molecule has 0 fully saturated rings. The molecule has 0 spiro atoms. The van der Waals surface area contributed by atoms with Crippen molar-refractivity contribution in [2.75, 3.05) is 5.32 Å². The van der Waals surface area contributed by atoms with Crippen LogP contribution in [0.15, 0.2) is 42.5 Å². The lowest BCUT2D eigenvalue weighted by atomic mass is 10.1. The van der Waals surface area contributed by atoms with Crippen molar-refractivity contribution < 1.29 is 0 Å². The van der Waals surface area contributed by atoms with Crippen molar-refractivity contribution in [3.63, 3.8) is 0 Å². The summed E-state index contributed by atoms with van der Waals surface area (Å²) in [6.45, 7) is 0. The number of thiocarbonyl (C=S) groups is 1. The van der Waals surface area contributed by atoms with Gasteiger partial charge in [-0.25, -0.2) is 0 Å². The number of hydrogen-bond acceptors (Lipinski definition) is 2. The highest BCUT2D eigenvalue weighted by atomic mass is 35.5. The van der Waals surface area contributed by atoms with Gasteiger partial charge in [-0.1, -0.05) is 41.5 Å². The van der Waals surface area contributed by atoms with Gasteiger partial charge in [-0.3, -0.25) is 0 Å². The quantitative estimate of drug-likeness (QED) is 0.826. The number of rotatable bonds is 3. The molecule has 0 saturated carbocycles. The van der Waals surface area contributed by atoms with E-state index in [1.807, 2.05) is 30.3 Å². The second kappa shape index (κ2) is 5.57. The molecule has 0 atom stereocenters. The van der Waals surface area contributed by atoms with Crippen LogP contribution >= 0.6 is 35.4 Å². The van der Waals surface area contributed by atoms with Crippen molar-refractivity contribution in [3.8, 4) is 0 Å². The van der Waals surface area contributed by atoms with E-state index in [-0.39, 0.29) is 0 Å². The Morgan fingerprint density at radius 3 is 2.44 bits per heavy atom. The summed E-state index contributed by atoms with van der Waals surface area (Å²) in [6.07, 6.45) is 0. The van der Waals surface area contributed by atoms with Gasteiger partial charge < -0.3 is 11.1 Å². The highest BCUT2D eigenvalue weighted by Crippen LogP contribution is 2.25. The Morgan fingerprint density at radius 2 is 1.78 bits per heavy atom. The molecule has 0 aromatic heterocycles. The average molecular weight is 297 g/mol. The van der Waals surface area contributed by atoms with Gasteiger partial charge in [0, 0.05) is 27.0 Å². The van der Waals surface area contributed by atoms with Gasteiger partial charge in [0.1, 0.15) is 4.99 Å². The first kappa shape index (κ1) is 13.1. The molecular weight excluding hydrogens is 287 g/mol. The molecule has 2 nitrogen and oxygen atoms in total. The summed E-state index contributed by atoms with van der Waals surface area (Å²) in [7, 11) is 0. The Balaban J connectivity index is 2.37. The number of nitrogens with two attached hydrogens (primary N) is 1. The van der Waals surface area contributed by atoms with Crippen LogP contribution in [0.2, 0.25) is 10.0 Å². The van der Waals surface area contributed by atoms with E-state index in [0.29, 0.717) is 20.6 Å². The topological polar surface area (TPSA) is 38.0 Å². The first-order chi connectivity index (χ1) is 8.56. The van der Waals surface area contributed by atoms with Crippen LogP contribution in [-0.4, -0.2) is 4.99 Å². The summed E-state index contributed by atoms with van der Waals surface area (Å²) >= 11 is 16.9. The molecule has 0 unspecified atom stereocenters. The standard InChI is InChI=1S/C13H10Cl2N2S/c14-8-2-1-3-10(6-8)17-12-5-4-9(15)7-11(12)13(16)18/h1-7,17H,(H2,16,18). The Bertz CT molecular complexity index is 599. The van der Waals surface area contributed by atoms with Crippen molar-refractivity contribution in [1.82, 2.24) is 0 Å². The maximum absolute atomic E-state index is 5.93. The molecule has 0 radical (unpaired) electrons. The molecule has 0 bridgehead atoms. The van der Waals surface area contributed by atoms with Crippen LogP contribution in [0.3, 0.4) is 0 Å². The van der Waals surface area contributed by atoms with Gasteiger partial charge in [0.15, 0.2) is 0 Å². The zero-order valence-corrected chi connectivity index (χ0v) is 11.6. The van der Waals surface area contributed by atoms with Gasteiger partial charge in [0.2, 0.25) is 0 Å². The first-order valence-corrected chi connectivity index (χ1v) is 6.34. The van der Waals surface area contributed by atoms with Crippen LogP contribution in [0.5, 0.6) is 0 Å². The highest BCUT2D eigenvalue weighted by molar-refractivity contribution is 7.80. The molecule has 18 heavy (non-hydrogen) atoms. The minimum absolute atomic E-state index is 0.294. The van der Waals surface area contributed by atoms with E-state index in [2.05, 4.69) is 5.32 Å². The van der Waals surface area contributed by atoms with Crippen LogP contribution in [0.4, 0.5) is 11.4 Å². The Morgan fingerprint density at radius 1 is 1.06 bits per heavy atom. The highest BCUT2D eigenvalue weighted by Gasteiger charge is 2.06. The SMILES string of the molecule is NC(=S)c1cc(Cl)ccc1Nc1cccc(Cl)c1. The molecule has 0 aliphatic heterocycles. The molecule has 5 heteroatoms. The maximum Gasteiger partial charge on any atom is 0.106 e. The fourth-order valence-corrected chi connectivity index (χ4v) is 2.08. The second-order valence-corrected chi connectivity index (χ2v) is 5.00. The second-order valence-electron chi connectivity index (χ2n) is 3.69. The summed E-state index contributed by atoms with van der Waals surface area (Å²) < 4.78 is 0. The molecule has 0 aliphatic carbocycles. The lowest BCUT2D eigenvalue weighted by molar-refractivity contribution is 1.52. The third-order valence-electron chi connectivity index (χ3n) is 2.35. The van der Waals surface area contributed by atoms with Gasteiger partial charge in [-0.05, 0) is 36.4 Å². The van der Waals surface area contributed by atoms with E-state index in [9.17, 15) is 0 Å². The van der Waals surface area contributed by atoms with Crippen molar-refractivity contribution in [2.24, 2.45) is 5.73 Å². The lowest BCUT2D eigenvalue weighted by Gasteiger charge is -2.11. The minimum atomic E-state index is 0.294. The third-order valence-corrected chi connectivity index (χ3v) is 3.04. The smallest absolute Gasteiger partial charge is 0.106 e. The van der Waals surface area contributed by atoms with E-state index in [0.717, 1.165) is 11.4 Å². The summed E-state index contributed by atoms with van der Waals surface area (Å²) in [6, 6.07) is 12.7. The van der Waals surface area contributed by atoms with E-state index in [4.69, 9.17) is 41.2 Å². The van der Waals surface area contributed by atoms with Crippen LogP contribution in [0.1, 0.15) is 5.56 Å². The summed E-state index contributed by atoms with van der Waals surface area (Å²) in [5, 5.41) is 4.46. The summed E-state index contributed by atoms with van der Waals surface area (Å²) in [5.41, 5.74) is 8.04. The number of anilines is 2. The Hall–Kier alpha value is -1.29. The zero-order chi connectivity index (χ0) is 13.1. The number of nitrogens with one attached hydrogen (secondary N) is 1. The number of halogens is 2. The summed E-state index contributed by atoms with van der Waals surface area (Å²) in [5.74, 6) is 0. The van der Waals surface area contributed by atoms with Crippen molar-refractivity contribution >= 4 is 51.8 Å². The Kier molecular flexibility index (Phi) is 4.07. The molecule has 0 aliphatic rings. The first-order valence-electron chi connectivity index (χ1n) is 5.18. The Labute approximate surface area is 121 Å². The average Bonchev–Trinajstić information content (AvgIpc) is 2.31.